The van der Waals surface area contributed by atoms with Gasteiger partial charge in [0.2, 0.25) is 0 Å². The van der Waals surface area contributed by atoms with Crippen LogP contribution in [0.2, 0.25) is 0 Å². The minimum absolute atomic E-state index is 0.469. The number of rotatable bonds is 3. The lowest BCUT2D eigenvalue weighted by molar-refractivity contribution is -0.242. The van der Waals surface area contributed by atoms with E-state index in [-0.39, 0.29) is 0 Å². The molecule has 0 aliphatic rings. The quantitative estimate of drug-likeness (QED) is 0.301. The SMILES string of the molecule is CCCCOO.OO. The van der Waals surface area contributed by atoms with Gasteiger partial charge < -0.3 is 0 Å². The van der Waals surface area contributed by atoms with Crippen LogP contribution < -0.4 is 0 Å². The summed E-state index contributed by atoms with van der Waals surface area (Å²) in [6, 6.07) is 0. The Morgan fingerprint density at radius 1 is 1.38 bits per heavy atom. The Balaban J connectivity index is 0. The van der Waals surface area contributed by atoms with Crippen LogP contribution in [-0.2, 0) is 4.89 Å². The van der Waals surface area contributed by atoms with Crippen molar-refractivity contribution < 1.29 is 20.7 Å². The third kappa shape index (κ3) is 17.0. The van der Waals surface area contributed by atoms with Crippen molar-refractivity contribution in [2.45, 2.75) is 19.8 Å². The molecule has 0 fully saturated rings. The van der Waals surface area contributed by atoms with E-state index in [1.165, 1.54) is 0 Å². The van der Waals surface area contributed by atoms with Crippen molar-refractivity contribution in [3.05, 3.63) is 0 Å². The first-order valence-corrected chi connectivity index (χ1v) is 2.38. The van der Waals surface area contributed by atoms with E-state index < -0.39 is 0 Å². The van der Waals surface area contributed by atoms with Gasteiger partial charge in [-0.2, -0.15) is 0 Å². The molecule has 4 nitrogen and oxygen atoms in total. The van der Waals surface area contributed by atoms with Crippen LogP contribution in [0, 0.1) is 0 Å². The van der Waals surface area contributed by atoms with E-state index >= 15 is 0 Å². The molecule has 0 aliphatic carbocycles. The molecule has 0 amide bonds. The van der Waals surface area contributed by atoms with Crippen molar-refractivity contribution in [2.75, 3.05) is 6.61 Å². The average molecular weight is 124 g/mol. The van der Waals surface area contributed by atoms with E-state index in [4.69, 9.17) is 15.8 Å². The van der Waals surface area contributed by atoms with Crippen molar-refractivity contribution in [1.82, 2.24) is 0 Å². The highest BCUT2D eigenvalue weighted by Crippen LogP contribution is 1.83. The first-order valence-electron chi connectivity index (χ1n) is 2.38. The molecular weight excluding hydrogens is 112 g/mol. The Labute approximate surface area is 48.2 Å². The Bertz CT molecular complexity index is 20.0. The fourth-order valence-electron chi connectivity index (χ4n) is 0.209. The molecule has 0 spiro atoms. The van der Waals surface area contributed by atoms with Gasteiger partial charge in [-0.15, -0.1) is 0 Å². The van der Waals surface area contributed by atoms with Gasteiger partial charge in [-0.3, -0.25) is 15.8 Å². The molecule has 0 aromatic carbocycles. The van der Waals surface area contributed by atoms with Crippen LogP contribution in [0.25, 0.3) is 0 Å². The van der Waals surface area contributed by atoms with Gasteiger partial charge >= 0.3 is 0 Å². The van der Waals surface area contributed by atoms with E-state index in [0.29, 0.717) is 6.61 Å². The Hall–Kier alpha value is -0.160. The van der Waals surface area contributed by atoms with Crippen molar-refractivity contribution in [1.29, 1.82) is 0 Å². The zero-order valence-electron chi connectivity index (χ0n) is 4.87. The van der Waals surface area contributed by atoms with Crippen LogP contribution in [0.1, 0.15) is 19.8 Å². The number of hydrogen-bond donors (Lipinski definition) is 3. The second-order valence-electron chi connectivity index (χ2n) is 1.19. The Morgan fingerprint density at radius 3 is 2.00 bits per heavy atom. The molecule has 0 bridgehead atoms. The minimum Gasteiger partial charge on any atom is -0.255 e. The highest BCUT2D eigenvalue weighted by atomic mass is 17.1. The molecule has 0 heterocycles. The second-order valence-corrected chi connectivity index (χ2v) is 1.19. The Kier molecular flexibility index (Phi) is 21.3. The second kappa shape index (κ2) is 15.8. The summed E-state index contributed by atoms with van der Waals surface area (Å²) in [5.41, 5.74) is 0. The molecule has 0 unspecified atom stereocenters. The summed E-state index contributed by atoms with van der Waals surface area (Å²) in [7, 11) is 0. The van der Waals surface area contributed by atoms with Crippen LogP contribution in [0.15, 0.2) is 0 Å². The fourth-order valence-corrected chi connectivity index (χ4v) is 0.209. The van der Waals surface area contributed by atoms with Gasteiger partial charge in [0.1, 0.15) is 0 Å². The van der Waals surface area contributed by atoms with E-state index in [1.807, 2.05) is 6.92 Å². The first-order chi connectivity index (χ1) is 3.91. The fraction of sp³-hybridized carbons (Fsp3) is 1.00. The predicted molar refractivity (Wildman–Crippen MR) is 28.7 cm³/mol. The summed E-state index contributed by atoms with van der Waals surface area (Å²) in [5.74, 6) is 0. The van der Waals surface area contributed by atoms with Crippen molar-refractivity contribution in [3.63, 3.8) is 0 Å². The summed E-state index contributed by atoms with van der Waals surface area (Å²) in [6.07, 6.45) is 2.01. The topological polar surface area (TPSA) is 69.9 Å². The van der Waals surface area contributed by atoms with Crippen LogP contribution in [0.5, 0.6) is 0 Å². The smallest absolute Gasteiger partial charge is 0.0819 e. The molecule has 0 saturated heterocycles. The Morgan fingerprint density at radius 2 is 1.88 bits per heavy atom. The van der Waals surface area contributed by atoms with Crippen LogP contribution in [0.3, 0.4) is 0 Å². The minimum atomic E-state index is 0.469. The molecule has 4 heteroatoms. The molecule has 0 saturated carbocycles. The normalized spacial score (nSPS) is 7.50. The molecule has 0 radical (unpaired) electrons. The third-order valence-electron chi connectivity index (χ3n) is 0.589. The number of hydrogen-bond acceptors (Lipinski definition) is 4. The van der Waals surface area contributed by atoms with Gasteiger partial charge in [0.15, 0.2) is 0 Å². The maximum absolute atomic E-state index is 7.70. The van der Waals surface area contributed by atoms with E-state index in [0.717, 1.165) is 12.8 Å². The zero-order valence-corrected chi connectivity index (χ0v) is 4.87. The third-order valence-corrected chi connectivity index (χ3v) is 0.589. The van der Waals surface area contributed by atoms with Crippen LogP contribution >= 0.6 is 0 Å². The first kappa shape index (κ1) is 10.8. The standard InChI is InChI=1S/C4H10O2.H2O2/c1-2-3-4-6-5;1-2/h5H,2-4H2,1H3;1-2H. The van der Waals surface area contributed by atoms with Gasteiger partial charge in [-0.05, 0) is 6.42 Å². The summed E-state index contributed by atoms with van der Waals surface area (Å²) >= 11 is 0. The summed E-state index contributed by atoms with van der Waals surface area (Å²) in [6.45, 7) is 2.51. The van der Waals surface area contributed by atoms with Gasteiger partial charge in [0.25, 0.3) is 0 Å². The largest absolute Gasteiger partial charge is 0.255 e. The molecular formula is C4H12O4. The maximum atomic E-state index is 7.70. The van der Waals surface area contributed by atoms with E-state index in [1.54, 1.807) is 0 Å². The van der Waals surface area contributed by atoms with Gasteiger partial charge in [-0.25, -0.2) is 4.89 Å². The summed E-state index contributed by atoms with van der Waals surface area (Å²) < 4.78 is 0. The van der Waals surface area contributed by atoms with Gasteiger partial charge in [0.05, 0.1) is 6.61 Å². The number of unbranched alkanes of at least 4 members (excludes halogenated alkanes) is 1. The average Bonchev–Trinajstić information content (AvgIpc) is 1.88. The molecule has 8 heavy (non-hydrogen) atoms. The van der Waals surface area contributed by atoms with Crippen molar-refractivity contribution >= 4 is 0 Å². The summed E-state index contributed by atoms with van der Waals surface area (Å²) in [5, 5.41) is 19.7. The maximum Gasteiger partial charge on any atom is 0.0819 e. The molecule has 0 aliphatic heterocycles. The van der Waals surface area contributed by atoms with Crippen molar-refractivity contribution in [3.8, 4) is 0 Å². The lowest BCUT2D eigenvalue weighted by atomic mass is 10.4. The van der Waals surface area contributed by atoms with E-state index in [2.05, 4.69) is 4.89 Å². The van der Waals surface area contributed by atoms with Crippen molar-refractivity contribution in [2.24, 2.45) is 0 Å². The predicted octanol–water partition coefficient (Wildman–Crippen LogP) is 1.29. The van der Waals surface area contributed by atoms with Gasteiger partial charge in [-0.1, -0.05) is 13.3 Å². The monoisotopic (exact) mass is 124 g/mol. The molecule has 52 valence electrons. The molecule has 0 rings (SSSR count). The summed E-state index contributed by atoms with van der Waals surface area (Å²) in [4.78, 5) is 3.78. The lowest BCUT2D eigenvalue weighted by Gasteiger charge is -1.87. The lowest BCUT2D eigenvalue weighted by Crippen LogP contribution is -1.84. The zero-order chi connectivity index (χ0) is 6.83. The molecule has 0 atom stereocenters. The molecule has 3 N–H and O–H groups in total. The van der Waals surface area contributed by atoms with Gasteiger partial charge in [0, 0.05) is 0 Å². The van der Waals surface area contributed by atoms with E-state index in [9.17, 15) is 0 Å². The highest BCUT2D eigenvalue weighted by Gasteiger charge is 1.76. The van der Waals surface area contributed by atoms with Crippen LogP contribution in [-0.4, -0.2) is 22.4 Å². The van der Waals surface area contributed by atoms with Crippen LogP contribution in [0.4, 0.5) is 0 Å². The molecule has 0 aromatic heterocycles. The highest BCUT2D eigenvalue weighted by molar-refractivity contribution is 4.24. The molecule has 0 aromatic rings.